The Morgan fingerprint density at radius 2 is 2.07 bits per heavy atom. The molecule has 0 fully saturated rings. The number of carboxylic acid groups (broad SMARTS) is 1. The number of aromatic nitrogens is 2. The summed E-state index contributed by atoms with van der Waals surface area (Å²) in [5.74, 6) is -0.636. The van der Waals surface area contributed by atoms with Crippen molar-refractivity contribution in [1.82, 2.24) is 9.55 Å². The molecule has 1 N–H and O–H groups in total. The Morgan fingerprint density at radius 1 is 1.26 bits per heavy atom. The van der Waals surface area contributed by atoms with E-state index >= 15 is 0 Å². The number of halogens is 1. The Kier molecular flexibility index (Phi) is 4.72. The van der Waals surface area contributed by atoms with Gasteiger partial charge in [0.1, 0.15) is 23.7 Å². The number of ether oxygens (including phenoxy) is 1. The normalized spacial score (nSPS) is 11.0. The summed E-state index contributed by atoms with van der Waals surface area (Å²) in [5, 5.41) is 10.3. The van der Waals surface area contributed by atoms with E-state index in [1.807, 2.05) is 54.0 Å². The zero-order valence-corrected chi connectivity index (χ0v) is 16.8. The molecular weight excluding hydrogens is 428 g/mol. The molecular formula is C20H15BrN2O3S. The van der Waals surface area contributed by atoms with Crippen molar-refractivity contribution < 1.29 is 14.6 Å². The molecule has 0 radical (unpaired) electrons. The van der Waals surface area contributed by atoms with Gasteiger partial charge in [0.05, 0.1) is 11.0 Å². The molecule has 0 saturated carbocycles. The van der Waals surface area contributed by atoms with Crippen molar-refractivity contribution in [2.45, 2.75) is 13.5 Å². The largest absolute Gasteiger partial charge is 0.487 e. The van der Waals surface area contributed by atoms with E-state index in [2.05, 4.69) is 20.9 Å². The van der Waals surface area contributed by atoms with Crippen LogP contribution in [0.3, 0.4) is 0 Å². The van der Waals surface area contributed by atoms with E-state index in [9.17, 15) is 9.90 Å². The summed E-state index contributed by atoms with van der Waals surface area (Å²) in [4.78, 5) is 16.3. The number of hydrogen-bond acceptors (Lipinski definition) is 4. The SMILES string of the molecule is Cc1ccccc1COc1cc(-n2cnc3cc(Br)ccc32)sc1C(=O)O. The Bertz CT molecular complexity index is 1150. The fourth-order valence-electron chi connectivity index (χ4n) is 2.83. The van der Waals surface area contributed by atoms with Crippen LogP contribution in [0.4, 0.5) is 0 Å². The molecule has 2 aromatic heterocycles. The third kappa shape index (κ3) is 3.48. The fraction of sp³-hybridized carbons (Fsp3) is 0.100. The summed E-state index contributed by atoms with van der Waals surface area (Å²) in [6.45, 7) is 2.33. The van der Waals surface area contributed by atoms with Gasteiger partial charge in [0.2, 0.25) is 0 Å². The fourth-order valence-corrected chi connectivity index (χ4v) is 4.10. The molecule has 27 heavy (non-hydrogen) atoms. The molecule has 2 aromatic carbocycles. The van der Waals surface area contributed by atoms with Crippen molar-refractivity contribution in [3.05, 3.63) is 75.3 Å². The lowest BCUT2D eigenvalue weighted by Gasteiger charge is -2.07. The summed E-state index contributed by atoms with van der Waals surface area (Å²) in [5.41, 5.74) is 3.87. The van der Waals surface area contributed by atoms with Crippen LogP contribution in [-0.2, 0) is 6.61 Å². The quantitative estimate of drug-likeness (QED) is 0.447. The number of benzene rings is 2. The van der Waals surface area contributed by atoms with Gasteiger partial charge in [-0.05, 0) is 36.2 Å². The highest BCUT2D eigenvalue weighted by Gasteiger charge is 2.19. The number of aromatic carboxylic acids is 1. The summed E-state index contributed by atoms with van der Waals surface area (Å²) in [6, 6.07) is 15.5. The van der Waals surface area contributed by atoms with E-state index in [0.717, 1.165) is 31.6 Å². The smallest absolute Gasteiger partial charge is 0.349 e. The summed E-state index contributed by atoms with van der Waals surface area (Å²) in [7, 11) is 0. The third-order valence-electron chi connectivity index (χ3n) is 4.27. The molecule has 136 valence electrons. The molecule has 2 heterocycles. The van der Waals surface area contributed by atoms with Gasteiger partial charge < -0.3 is 9.84 Å². The number of fused-ring (bicyclic) bond motifs is 1. The van der Waals surface area contributed by atoms with Gasteiger partial charge in [0, 0.05) is 10.5 Å². The van der Waals surface area contributed by atoms with Crippen molar-refractivity contribution in [3.63, 3.8) is 0 Å². The van der Waals surface area contributed by atoms with Crippen LogP contribution in [0.5, 0.6) is 5.75 Å². The number of nitrogens with zero attached hydrogens (tertiary/aromatic N) is 2. The maximum Gasteiger partial charge on any atom is 0.349 e. The van der Waals surface area contributed by atoms with E-state index in [1.54, 1.807) is 12.4 Å². The van der Waals surface area contributed by atoms with Crippen molar-refractivity contribution in [1.29, 1.82) is 0 Å². The van der Waals surface area contributed by atoms with Gasteiger partial charge in [-0.25, -0.2) is 9.78 Å². The van der Waals surface area contributed by atoms with Gasteiger partial charge in [0.25, 0.3) is 0 Å². The van der Waals surface area contributed by atoms with Crippen LogP contribution in [-0.4, -0.2) is 20.6 Å². The molecule has 7 heteroatoms. The first-order valence-electron chi connectivity index (χ1n) is 8.20. The number of carbonyl (C=O) groups is 1. The average molecular weight is 443 g/mol. The minimum atomic E-state index is -1.00. The molecule has 5 nitrogen and oxygen atoms in total. The van der Waals surface area contributed by atoms with E-state index in [-0.39, 0.29) is 4.88 Å². The van der Waals surface area contributed by atoms with Gasteiger partial charge in [-0.2, -0.15) is 0 Å². The molecule has 0 saturated heterocycles. The lowest BCUT2D eigenvalue weighted by molar-refractivity contribution is 0.0697. The molecule has 0 aliphatic carbocycles. The molecule has 4 aromatic rings. The minimum absolute atomic E-state index is 0.178. The minimum Gasteiger partial charge on any atom is -0.487 e. The molecule has 0 bridgehead atoms. The lowest BCUT2D eigenvalue weighted by atomic mass is 10.1. The highest BCUT2D eigenvalue weighted by molar-refractivity contribution is 9.10. The van der Waals surface area contributed by atoms with Crippen molar-refractivity contribution in [3.8, 4) is 10.8 Å². The maximum absolute atomic E-state index is 11.7. The Balaban J connectivity index is 1.70. The first kappa shape index (κ1) is 17.8. The number of aryl methyl sites for hydroxylation is 1. The lowest BCUT2D eigenvalue weighted by Crippen LogP contribution is -2.01. The maximum atomic E-state index is 11.7. The predicted octanol–water partition coefficient (Wildman–Crippen LogP) is 5.44. The highest BCUT2D eigenvalue weighted by atomic mass is 79.9. The van der Waals surface area contributed by atoms with E-state index in [4.69, 9.17) is 4.74 Å². The van der Waals surface area contributed by atoms with Crippen molar-refractivity contribution >= 4 is 44.3 Å². The average Bonchev–Trinajstić information content (AvgIpc) is 3.24. The van der Waals surface area contributed by atoms with Crippen LogP contribution < -0.4 is 4.74 Å². The first-order valence-corrected chi connectivity index (χ1v) is 9.81. The molecule has 0 aliphatic rings. The number of imidazole rings is 1. The molecule has 4 rings (SSSR count). The van der Waals surface area contributed by atoms with Gasteiger partial charge in [-0.1, -0.05) is 40.2 Å². The van der Waals surface area contributed by atoms with Crippen molar-refractivity contribution in [2.24, 2.45) is 0 Å². The Morgan fingerprint density at radius 3 is 2.85 bits per heavy atom. The Labute approximate surface area is 168 Å². The summed E-state index contributed by atoms with van der Waals surface area (Å²) in [6.07, 6.45) is 1.69. The number of rotatable bonds is 5. The first-order chi connectivity index (χ1) is 13.0. The predicted molar refractivity (Wildman–Crippen MR) is 109 cm³/mol. The van der Waals surface area contributed by atoms with Crippen LogP contribution >= 0.6 is 27.3 Å². The molecule has 0 amide bonds. The second kappa shape index (κ2) is 7.17. The van der Waals surface area contributed by atoms with Crippen molar-refractivity contribution in [2.75, 3.05) is 0 Å². The summed E-state index contributed by atoms with van der Waals surface area (Å²) < 4.78 is 8.68. The monoisotopic (exact) mass is 442 g/mol. The second-order valence-corrected chi connectivity index (χ2v) is 7.99. The Hall–Kier alpha value is -2.64. The van der Waals surface area contributed by atoms with Gasteiger partial charge in [-0.15, -0.1) is 11.3 Å². The highest BCUT2D eigenvalue weighted by Crippen LogP contribution is 2.34. The van der Waals surface area contributed by atoms with Crippen LogP contribution in [0, 0.1) is 6.92 Å². The van der Waals surface area contributed by atoms with Crippen LogP contribution in [0.1, 0.15) is 20.8 Å². The van der Waals surface area contributed by atoms with Crippen LogP contribution in [0.25, 0.3) is 16.0 Å². The number of thiophene rings is 1. The third-order valence-corrected chi connectivity index (χ3v) is 5.87. The number of hydrogen-bond donors (Lipinski definition) is 1. The van der Waals surface area contributed by atoms with E-state index in [1.165, 1.54) is 11.3 Å². The standard InChI is InChI=1S/C20H15BrN2O3S/c1-12-4-2-3-5-13(12)10-26-17-9-18(27-19(17)20(24)25)23-11-22-15-8-14(21)6-7-16(15)23/h2-9,11H,10H2,1H3,(H,24,25). The van der Waals surface area contributed by atoms with Gasteiger partial charge in [0.15, 0.2) is 4.88 Å². The molecule has 0 unspecified atom stereocenters. The van der Waals surface area contributed by atoms with Crippen LogP contribution in [0.2, 0.25) is 0 Å². The van der Waals surface area contributed by atoms with E-state index < -0.39 is 5.97 Å². The molecule has 0 spiro atoms. The zero-order valence-electron chi connectivity index (χ0n) is 14.3. The van der Waals surface area contributed by atoms with Gasteiger partial charge in [-0.3, -0.25) is 4.57 Å². The number of carboxylic acids is 1. The second-order valence-electron chi connectivity index (χ2n) is 6.05. The topological polar surface area (TPSA) is 64.4 Å². The molecule has 0 atom stereocenters. The molecule has 0 aliphatic heterocycles. The zero-order chi connectivity index (χ0) is 19.0. The van der Waals surface area contributed by atoms with E-state index in [0.29, 0.717) is 12.4 Å². The summed E-state index contributed by atoms with van der Waals surface area (Å²) >= 11 is 4.61. The van der Waals surface area contributed by atoms with Gasteiger partial charge >= 0.3 is 5.97 Å². The van der Waals surface area contributed by atoms with Crippen LogP contribution in [0.15, 0.2) is 59.3 Å².